The van der Waals surface area contributed by atoms with E-state index in [0.29, 0.717) is 18.8 Å². The number of hydrogen-bond donors (Lipinski definition) is 1. The van der Waals surface area contributed by atoms with Crippen molar-refractivity contribution in [3.8, 4) is 0 Å². The van der Waals surface area contributed by atoms with Crippen molar-refractivity contribution in [1.82, 2.24) is 24.9 Å². The van der Waals surface area contributed by atoms with E-state index in [1.165, 1.54) is 12.5 Å². The number of benzene rings is 1. The van der Waals surface area contributed by atoms with Crippen LogP contribution >= 0.6 is 0 Å². The largest absolute Gasteiger partial charge is 0.352 e. The average Bonchev–Trinajstić information content (AvgIpc) is 3.28. The molecule has 0 saturated carbocycles. The second-order valence-corrected chi connectivity index (χ2v) is 7.38. The third-order valence-electron chi connectivity index (χ3n) is 5.23. The fourth-order valence-corrected chi connectivity index (χ4v) is 3.91. The van der Waals surface area contributed by atoms with Crippen molar-refractivity contribution in [2.24, 2.45) is 0 Å². The third-order valence-corrected chi connectivity index (χ3v) is 5.23. The summed E-state index contributed by atoms with van der Waals surface area (Å²) in [5.41, 5.74) is 2.89. The predicted octanol–water partition coefficient (Wildman–Crippen LogP) is 1.25. The van der Waals surface area contributed by atoms with Gasteiger partial charge in [0.1, 0.15) is 0 Å². The fourth-order valence-electron chi connectivity index (χ4n) is 3.91. The lowest BCUT2D eigenvalue weighted by atomic mass is 10.2. The molecule has 1 saturated heterocycles. The van der Waals surface area contributed by atoms with E-state index in [-0.39, 0.29) is 17.9 Å². The number of likely N-dealkylation sites (tertiary alicyclic amines) is 1. The normalized spacial score (nSPS) is 19.7. The number of amides is 2. The molecule has 1 N–H and O–H groups in total. The van der Waals surface area contributed by atoms with E-state index in [0.717, 1.165) is 38.3 Å². The van der Waals surface area contributed by atoms with Gasteiger partial charge in [-0.2, -0.15) is 5.10 Å². The summed E-state index contributed by atoms with van der Waals surface area (Å²) in [6, 6.07) is 12.4. The lowest BCUT2D eigenvalue weighted by Gasteiger charge is -2.27. The molecule has 3 heterocycles. The summed E-state index contributed by atoms with van der Waals surface area (Å²) in [6.45, 7) is 6.14. The molecule has 2 aromatic rings. The van der Waals surface area contributed by atoms with Crippen LogP contribution < -0.4 is 5.32 Å². The number of hydrogen-bond acceptors (Lipinski definition) is 4. The molecule has 142 valence electrons. The second kappa shape index (κ2) is 7.52. The average molecular weight is 367 g/mol. The van der Waals surface area contributed by atoms with E-state index in [1.807, 2.05) is 16.8 Å². The van der Waals surface area contributed by atoms with Crippen LogP contribution in [0.1, 0.15) is 35.1 Å². The van der Waals surface area contributed by atoms with Crippen LogP contribution in [0.25, 0.3) is 0 Å². The molecule has 2 aliphatic rings. The molecule has 27 heavy (non-hydrogen) atoms. The minimum Gasteiger partial charge on any atom is -0.352 e. The van der Waals surface area contributed by atoms with Gasteiger partial charge in [-0.15, -0.1) is 0 Å². The molecule has 0 aliphatic carbocycles. The van der Waals surface area contributed by atoms with Gasteiger partial charge in [0.05, 0.1) is 12.2 Å². The summed E-state index contributed by atoms with van der Waals surface area (Å²) >= 11 is 0. The SMILES string of the molecule is CC(=O)N[C@H]1CCN(C(=O)c2cc3n(n2)CCN(Cc2ccccc2)C3)C1. The highest BCUT2D eigenvalue weighted by atomic mass is 16.2. The topological polar surface area (TPSA) is 70.5 Å². The molecule has 2 amide bonds. The van der Waals surface area contributed by atoms with Gasteiger partial charge in [0, 0.05) is 45.7 Å². The quantitative estimate of drug-likeness (QED) is 0.883. The first-order valence-electron chi connectivity index (χ1n) is 9.48. The number of aromatic nitrogens is 2. The summed E-state index contributed by atoms with van der Waals surface area (Å²) < 4.78 is 1.95. The molecule has 0 unspecified atom stereocenters. The van der Waals surface area contributed by atoms with Crippen molar-refractivity contribution in [2.45, 2.75) is 39.0 Å². The lowest BCUT2D eigenvalue weighted by molar-refractivity contribution is -0.119. The number of nitrogens with zero attached hydrogens (tertiary/aromatic N) is 4. The smallest absolute Gasteiger partial charge is 0.274 e. The van der Waals surface area contributed by atoms with Gasteiger partial charge >= 0.3 is 0 Å². The van der Waals surface area contributed by atoms with Crippen molar-refractivity contribution >= 4 is 11.8 Å². The first-order valence-corrected chi connectivity index (χ1v) is 9.48. The highest BCUT2D eigenvalue weighted by molar-refractivity contribution is 5.92. The molecule has 1 aromatic heterocycles. The Labute approximate surface area is 158 Å². The molecule has 1 aromatic carbocycles. The standard InChI is InChI=1S/C20H25N5O2/c1-15(26)21-17-7-8-24(13-17)20(27)19-11-18-14-23(9-10-25(18)22-19)12-16-5-3-2-4-6-16/h2-6,11,17H,7-10,12-14H2,1H3,(H,21,26)/t17-/m0/s1. The molecule has 0 bridgehead atoms. The Morgan fingerprint density at radius 1 is 1.19 bits per heavy atom. The zero-order valence-electron chi connectivity index (χ0n) is 15.6. The second-order valence-electron chi connectivity index (χ2n) is 7.38. The molecule has 4 rings (SSSR count). The summed E-state index contributed by atoms with van der Waals surface area (Å²) in [7, 11) is 0. The van der Waals surface area contributed by atoms with Gasteiger partial charge in [0.15, 0.2) is 5.69 Å². The summed E-state index contributed by atoms with van der Waals surface area (Å²) in [6.07, 6.45) is 0.795. The van der Waals surface area contributed by atoms with E-state index in [2.05, 4.69) is 39.6 Å². The Balaban J connectivity index is 1.39. The molecule has 1 fully saturated rings. The van der Waals surface area contributed by atoms with Crippen LogP contribution in [0.4, 0.5) is 0 Å². The molecule has 7 nitrogen and oxygen atoms in total. The molecular formula is C20H25N5O2. The number of nitrogens with one attached hydrogen (secondary N) is 1. The first-order chi connectivity index (χ1) is 13.1. The maximum Gasteiger partial charge on any atom is 0.274 e. The minimum atomic E-state index is -0.0507. The summed E-state index contributed by atoms with van der Waals surface area (Å²) in [4.78, 5) is 28.2. The van der Waals surface area contributed by atoms with Gasteiger partial charge in [0.25, 0.3) is 5.91 Å². The Kier molecular flexibility index (Phi) is 4.94. The van der Waals surface area contributed by atoms with Gasteiger partial charge in [-0.3, -0.25) is 19.2 Å². The Morgan fingerprint density at radius 3 is 2.78 bits per heavy atom. The van der Waals surface area contributed by atoms with Gasteiger partial charge in [-0.25, -0.2) is 0 Å². The molecule has 2 aliphatic heterocycles. The molecule has 1 atom stereocenters. The number of fused-ring (bicyclic) bond motifs is 1. The van der Waals surface area contributed by atoms with Gasteiger partial charge in [-0.05, 0) is 18.1 Å². The van der Waals surface area contributed by atoms with Gasteiger partial charge in [-0.1, -0.05) is 30.3 Å². The van der Waals surface area contributed by atoms with Crippen molar-refractivity contribution in [3.05, 3.63) is 53.3 Å². The Hall–Kier alpha value is -2.67. The van der Waals surface area contributed by atoms with Gasteiger partial charge in [0.2, 0.25) is 5.91 Å². The lowest BCUT2D eigenvalue weighted by Crippen LogP contribution is -2.37. The van der Waals surface area contributed by atoms with E-state index < -0.39 is 0 Å². The van der Waals surface area contributed by atoms with Crippen molar-refractivity contribution in [3.63, 3.8) is 0 Å². The van der Waals surface area contributed by atoms with Crippen LogP contribution in [0.5, 0.6) is 0 Å². The van der Waals surface area contributed by atoms with Gasteiger partial charge < -0.3 is 10.2 Å². The minimum absolute atomic E-state index is 0.0423. The van der Waals surface area contributed by atoms with E-state index in [9.17, 15) is 9.59 Å². The third kappa shape index (κ3) is 4.03. The van der Waals surface area contributed by atoms with Crippen molar-refractivity contribution < 1.29 is 9.59 Å². The summed E-state index contributed by atoms with van der Waals surface area (Å²) in [5.74, 6) is -0.0929. The van der Waals surface area contributed by atoms with Crippen LogP contribution in [0.15, 0.2) is 36.4 Å². The van der Waals surface area contributed by atoms with Crippen LogP contribution in [-0.2, 0) is 24.4 Å². The van der Waals surface area contributed by atoms with Crippen LogP contribution in [0.3, 0.4) is 0 Å². The highest BCUT2D eigenvalue weighted by Gasteiger charge is 2.30. The maximum absolute atomic E-state index is 12.8. The first kappa shape index (κ1) is 17.7. The number of rotatable bonds is 4. The zero-order chi connectivity index (χ0) is 18.8. The van der Waals surface area contributed by atoms with Crippen molar-refractivity contribution in [2.75, 3.05) is 19.6 Å². The molecule has 0 spiro atoms. The molecular weight excluding hydrogens is 342 g/mol. The highest BCUT2D eigenvalue weighted by Crippen LogP contribution is 2.19. The fraction of sp³-hybridized carbons (Fsp3) is 0.450. The number of carbonyl (C=O) groups is 2. The molecule has 0 radical (unpaired) electrons. The monoisotopic (exact) mass is 367 g/mol. The number of carbonyl (C=O) groups excluding carboxylic acids is 2. The van der Waals surface area contributed by atoms with Crippen LogP contribution in [-0.4, -0.2) is 57.1 Å². The van der Waals surface area contributed by atoms with Crippen LogP contribution in [0.2, 0.25) is 0 Å². The molecule has 7 heteroatoms. The maximum atomic E-state index is 12.8. The summed E-state index contributed by atoms with van der Waals surface area (Å²) in [5, 5.41) is 7.43. The Morgan fingerprint density at radius 2 is 2.00 bits per heavy atom. The zero-order valence-corrected chi connectivity index (χ0v) is 15.6. The van der Waals surface area contributed by atoms with E-state index in [4.69, 9.17) is 0 Å². The van der Waals surface area contributed by atoms with E-state index in [1.54, 1.807) is 4.90 Å². The van der Waals surface area contributed by atoms with E-state index >= 15 is 0 Å². The van der Waals surface area contributed by atoms with Crippen molar-refractivity contribution in [1.29, 1.82) is 0 Å². The van der Waals surface area contributed by atoms with Crippen LogP contribution in [0, 0.1) is 0 Å². The Bertz CT molecular complexity index is 832. The predicted molar refractivity (Wildman–Crippen MR) is 101 cm³/mol.